The molecule has 69 heavy (non-hydrogen) atoms. The van der Waals surface area contributed by atoms with Gasteiger partial charge in [-0.25, -0.2) is 31.9 Å². The molecule has 2 saturated heterocycles. The van der Waals surface area contributed by atoms with Crippen LogP contribution in [-0.2, 0) is 19.1 Å². The van der Waals surface area contributed by atoms with E-state index in [0.29, 0.717) is 37.3 Å². The Kier molecular flexibility index (Phi) is 19.8. The molecule has 0 radical (unpaired) electrons. The number of piperidine rings is 1. The molecule has 15 nitrogen and oxygen atoms in total. The normalized spacial score (nSPS) is 15.6. The molecule has 2 atom stereocenters. The molecule has 0 bridgehead atoms. The van der Waals surface area contributed by atoms with E-state index in [4.69, 9.17) is 24.1 Å². The number of ketones is 3. The lowest BCUT2D eigenvalue weighted by Gasteiger charge is -2.34. The van der Waals surface area contributed by atoms with Crippen LogP contribution in [0.1, 0.15) is 88.4 Å². The number of halogens is 4. The topological polar surface area (TPSA) is 190 Å². The highest BCUT2D eigenvalue weighted by atomic mass is 19.1. The third-order valence-corrected chi connectivity index (χ3v) is 9.95. The molecule has 0 aliphatic carbocycles. The number of ether oxygens (including phenoxy) is 4. The number of carboxylic acid groups (broad SMARTS) is 1. The van der Waals surface area contributed by atoms with Gasteiger partial charge in [0.25, 0.3) is 0 Å². The van der Waals surface area contributed by atoms with Crippen molar-refractivity contribution in [1.82, 2.24) is 20.4 Å². The van der Waals surface area contributed by atoms with Crippen LogP contribution >= 0.6 is 0 Å². The van der Waals surface area contributed by atoms with E-state index < -0.39 is 57.7 Å². The Morgan fingerprint density at radius 2 is 0.928 bits per heavy atom. The summed E-state index contributed by atoms with van der Waals surface area (Å²) in [7, 11) is 0. The van der Waals surface area contributed by atoms with E-state index in [0.717, 1.165) is 50.5 Å². The number of Topliss-reactive ketones (excluding diaryl/α,β-unsaturated/α-hetero) is 3. The first-order valence-electron chi connectivity index (χ1n) is 22.1. The van der Waals surface area contributed by atoms with Gasteiger partial charge in [-0.05, 0) is 134 Å². The second-order valence-corrected chi connectivity index (χ2v) is 18.0. The molecule has 3 N–H and O–H groups in total. The minimum Gasteiger partial charge on any atom is -0.476 e. The second-order valence-electron chi connectivity index (χ2n) is 18.0. The van der Waals surface area contributed by atoms with Crippen molar-refractivity contribution in [2.24, 2.45) is 0 Å². The molecule has 19 heteroatoms. The molecule has 372 valence electrons. The highest BCUT2D eigenvalue weighted by Gasteiger charge is 2.30. The minimum atomic E-state index is -1.38. The summed E-state index contributed by atoms with van der Waals surface area (Å²) < 4.78 is 76.1. The third kappa shape index (κ3) is 18.3. The number of amides is 2. The molecule has 0 aromatic heterocycles. The summed E-state index contributed by atoms with van der Waals surface area (Å²) in [5, 5.41) is 14.0. The first-order valence-corrected chi connectivity index (χ1v) is 22.1. The van der Waals surface area contributed by atoms with Crippen LogP contribution in [0.3, 0.4) is 0 Å². The molecule has 0 spiro atoms. The van der Waals surface area contributed by atoms with Gasteiger partial charge in [-0.2, -0.15) is 0 Å². The number of likely N-dealkylation sites (tertiary alicyclic amines) is 2. The Balaban J connectivity index is 0.000000269. The highest BCUT2D eigenvalue weighted by Crippen LogP contribution is 2.29. The predicted molar refractivity (Wildman–Crippen MR) is 246 cm³/mol. The lowest BCUT2D eigenvalue weighted by molar-refractivity contribution is -0.148. The molecule has 0 saturated carbocycles. The predicted octanol–water partition coefficient (Wildman–Crippen LogP) is 9.13. The van der Waals surface area contributed by atoms with Crippen molar-refractivity contribution >= 4 is 35.5 Å². The number of benzene rings is 4. The van der Waals surface area contributed by atoms with Gasteiger partial charge in [0, 0.05) is 56.3 Å². The minimum absolute atomic E-state index is 0.00288. The zero-order valence-electron chi connectivity index (χ0n) is 39.5. The van der Waals surface area contributed by atoms with E-state index >= 15 is 0 Å². The van der Waals surface area contributed by atoms with E-state index in [9.17, 15) is 46.3 Å². The third-order valence-electron chi connectivity index (χ3n) is 9.95. The van der Waals surface area contributed by atoms with Crippen LogP contribution in [0, 0.1) is 23.3 Å². The monoisotopic (exact) mass is 966 g/mol. The van der Waals surface area contributed by atoms with Gasteiger partial charge >= 0.3 is 18.2 Å². The van der Waals surface area contributed by atoms with E-state index in [1.54, 1.807) is 34.1 Å². The quantitative estimate of drug-likeness (QED) is 0.0654. The standard InChI is InChI=1S/C24H28F2N2O4.C23H26F2N2O4.C3H4O3/c1-24(2,3)32-23(30)28-13-5-6-17(15-28)27-14-21(29)16-9-11-18(12-10-16)31-22-19(25)7-4-8-20(22)26;1-23(2,3)31-22(29)27-12-11-16(14-27)26-13-20(28)15-7-9-17(10-8-15)30-21-18(24)5-4-6-19(21)25;1-2(4)3(5)6/h4,7-12,17,27H,5-6,13-15H2,1-3H3;4-10,16,26H,11-14H2,1-3H3;1H3,(H,5,6)/t17-;16-;/m11./s1. The molecule has 4 aromatic rings. The lowest BCUT2D eigenvalue weighted by Crippen LogP contribution is -2.50. The Bertz CT molecular complexity index is 2370. The summed E-state index contributed by atoms with van der Waals surface area (Å²) in [6.07, 6.45) is 1.70. The number of carboxylic acids is 1. The summed E-state index contributed by atoms with van der Waals surface area (Å²) in [5.41, 5.74) is -0.220. The number of hydrogen-bond donors (Lipinski definition) is 3. The average molecular weight is 967 g/mol. The zero-order chi connectivity index (χ0) is 51.1. The average Bonchev–Trinajstić information content (AvgIpc) is 3.77. The van der Waals surface area contributed by atoms with Crippen molar-refractivity contribution in [2.45, 2.75) is 91.0 Å². The van der Waals surface area contributed by atoms with Gasteiger partial charge in [0.05, 0.1) is 13.1 Å². The van der Waals surface area contributed by atoms with E-state index in [2.05, 4.69) is 10.6 Å². The van der Waals surface area contributed by atoms with Crippen LogP contribution in [0.15, 0.2) is 84.9 Å². The van der Waals surface area contributed by atoms with Gasteiger partial charge in [-0.1, -0.05) is 12.1 Å². The molecule has 0 unspecified atom stereocenters. The number of nitrogens with one attached hydrogen (secondary N) is 2. The van der Waals surface area contributed by atoms with E-state index in [1.165, 1.54) is 36.4 Å². The lowest BCUT2D eigenvalue weighted by atomic mass is 10.1. The Morgan fingerprint density at radius 1 is 0.580 bits per heavy atom. The van der Waals surface area contributed by atoms with Gasteiger partial charge in [-0.3, -0.25) is 14.4 Å². The molecule has 2 heterocycles. The SMILES string of the molecule is CC(=O)C(=O)O.CC(C)(C)OC(=O)N1CCC[C@@H](NCC(=O)c2ccc(Oc3c(F)cccc3F)cc2)C1.CC(C)(C)OC(=O)N1CC[C@@H](NCC(=O)c2ccc(Oc3c(F)cccc3F)cc2)C1. The van der Waals surface area contributed by atoms with Gasteiger partial charge in [0.15, 0.2) is 46.3 Å². The van der Waals surface area contributed by atoms with Gasteiger partial charge in [0.1, 0.15) is 22.7 Å². The van der Waals surface area contributed by atoms with Crippen LogP contribution in [0.25, 0.3) is 0 Å². The fourth-order valence-corrected chi connectivity index (χ4v) is 6.55. The van der Waals surface area contributed by atoms with Crippen LogP contribution in [0.5, 0.6) is 23.0 Å². The first-order chi connectivity index (χ1) is 32.4. The summed E-state index contributed by atoms with van der Waals surface area (Å²) >= 11 is 0. The smallest absolute Gasteiger partial charge is 0.410 e. The van der Waals surface area contributed by atoms with Crippen molar-refractivity contribution in [2.75, 3.05) is 39.3 Å². The Morgan fingerprint density at radius 3 is 1.28 bits per heavy atom. The van der Waals surface area contributed by atoms with Crippen molar-refractivity contribution in [3.8, 4) is 23.0 Å². The molecule has 2 aliphatic heterocycles. The number of nitrogens with zero attached hydrogens (tertiary/aromatic N) is 2. The van der Waals surface area contributed by atoms with E-state index in [-0.39, 0.29) is 60.4 Å². The van der Waals surface area contributed by atoms with Crippen LogP contribution in [-0.4, -0.2) is 113 Å². The number of aliphatic carboxylic acids is 1. The number of carbonyl (C=O) groups excluding carboxylic acids is 5. The molecular weight excluding hydrogens is 909 g/mol. The Hall–Kier alpha value is -6.86. The van der Waals surface area contributed by atoms with E-state index in [1.807, 2.05) is 41.5 Å². The maximum atomic E-state index is 13.7. The van der Waals surface area contributed by atoms with Gasteiger partial charge < -0.3 is 44.5 Å². The molecule has 2 aliphatic rings. The number of hydrogen-bond acceptors (Lipinski definition) is 12. The van der Waals surface area contributed by atoms with Crippen molar-refractivity contribution in [1.29, 1.82) is 0 Å². The molecule has 2 fully saturated rings. The van der Waals surface area contributed by atoms with Crippen LogP contribution in [0.2, 0.25) is 0 Å². The van der Waals surface area contributed by atoms with Gasteiger partial charge in [0.2, 0.25) is 5.78 Å². The van der Waals surface area contributed by atoms with Crippen molar-refractivity contribution in [3.05, 3.63) is 119 Å². The Labute approximate surface area is 398 Å². The maximum Gasteiger partial charge on any atom is 0.410 e. The second kappa shape index (κ2) is 25.0. The van der Waals surface area contributed by atoms with Gasteiger partial charge in [-0.15, -0.1) is 0 Å². The summed E-state index contributed by atoms with van der Waals surface area (Å²) in [5.74, 6) is -6.23. The summed E-state index contributed by atoms with van der Waals surface area (Å²) in [4.78, 5) is 71.6. The van der Waals surface area contributed by atoms with Crippen molar-refractivity contribution < 1.29 is 70.4 Å². The fraction of sp³-hybridized carbons (Fsp3) is 0.400. The number of carbonyl (C=O) groups is 6. The summed E-state index contributed by atoms with van der Waals surface area (Å²) in [6, 6.07) is 19.1. The number of para-hydroxylation sites is 2. The fourth-order valence-electron chi connectivity index (χ4n) is 6.55. The van der Waals surface area contributed by atoms with Crippen LogP contribution < -0.4 is 20.1 Å². The highest BCUT2D eigenvalue weighted by molar-refractivity contribution is 6.31. The molecular formula is C50H58F4N4O11. The largest absolute Gasteiger partial charge is 0.476 e. The first kappa shape index (κ1) is 54.7. The maximum absolute atomic E-state index is 13.7. The zero-order valence-corrected chi connectivity index (χ0v) is 39.5. The molecule has 4 aromatic carbocycles. The molecule has 6 rings (SSSR count). The summed E-state index contributed by atoms with van der Waals surface area (Å²) in [6.45, 7) is 14.3. The van der Waals surface area contributed by atoms with Crippen molar-refractivity contribution in [3.63, 3.8) is 0 Å². The number of rotatable bonds is 13. The molecule has 2 amide bonds. The van der Waals surface area contributed by atoms with Crippen LogP contribution in [0.4, 0.5) is 27.2 Å².